The number of rotatable bonds is 6. The van der Waals surface area contributed by atoms with Crippen LogP contribution in [-0.2, 0) is 15.4 Å². The maximum Gasteiger partial charge on any atom is 0.240 e. The molecule has 0 aliphatic carbocycles. The Kier molecular flexibility index (Phi) is 5.78. The second kappa shape index (κ2) is 6.72. The van der Waals surface area contributed by atoms with Crippen LogP contribution in [0, 0.1) is 5.92 Å². The molecule has 1 aromatic carbocycles. The van der Waals surface area contributed by atoms with E-state index in [1.807, 2.05) is 12.1 Å². The van der Waals surface area contributed by atoms with Gasteiger partial charge in [-0.15, -0.1) is 0 Å². The zero-order valence-electron chi connectivity index (χ0n) is 13.2. The molecule has 0 radical (unpaired) electrons. The molecular formula is C16H27NO2S. The van der Waals surface area contributed by atoms with Crippen molar-refractivity contribution in [3.63, 3.8) is 0 Å². The molecule has 1 rings (SSSR count). The van der Waals surface area contributed by atoms with Crippen molar-refractivity contribution in [1.29, 1.82) is 0 Å². The number of benzene rings is 1. The first-order valence-electron chi connectivity index (χ1n) is 7.31. The van der Waals surface area contributed by atoms with E-state index in [4.69, 9.17) is 0 Å². The van der Waals surface area contributed by atoms with E-state index in [2.05, 4.69) is 39.3 Å². The van der Waals surface area contributed by atoms with E-state index in [0.717, 1.165) is 18.4 Å². The molecule has 0 heterocycles. The lowest BCUT2D eigenvalue weighted by Crippen LogP contribution is -2.29. The van der Waals surface area contributed by atoms with Gasteiger partial charge in [0, 0.05) is 6.54 Å². The molecule has 4 heteroatoms. The average molecular weight is 297 g/mol. The van der Waals surface area contributed by atoms with Crippen molar-refractivity contribution in [3.8, 4) is 0 Å². The summed E-state index contributed by atoms with van der Waals surface area (Å²) >= 11 is 0. The van der Waals surface area contributed by atoms with Crippen LogP contribution in [0.3, 0.4) is 0 Å². The largest absolute Gasteiger partial charge is 0.240 e. The van der Waals surface area contributed by atoms with Crippen LogP contribution in [-0.4, -0.2) is 15.0 Å². The molecule has 0 saturated heterocycles. The topological polar surface area (TPSA) is 46.2 Å². The SMILES string of the molecule is CCC(CC)CNS(=O)(=O)c1ccc(C(C)(C)C)cc1. The Morgan fingerprint density at radius 2 is 1.55 bits per heavy atom. The fourth-order valence-electron chi connectivity index (χ4n) is 2.02. The van der Waals surface area contributed by atoms with Crippen LogP contribution >= 0.6 is 0 Å². The van der Waals surface area contributed by atoms with Gasteiger partial charge in [-0.3, -0.25) is 0 Å². The van der Waals surface area contributed by atoms with E-state index >= 15 is 0 Å². The second-order valence-corrected chi connectivity index (χ2v) is 8.08. The third-order valence-corrected chi connectivity index (χ3v) is 5.19. The molecular weight excluding hydrogens is 270 g/mol. The molecule has 3 nitrogen and oxygen atoms in total. The molecule has 0 aliphatic rings. The van der Waals surface area contributed by atoms with Gasteiger partial charge in [-0.25, -0.2) is 13.1 Å². The van der Waals surface area contributed by atoms with Crippen LogP contribution in [0.2, 0.25) is 0 Å². The monoisotopic (exact) mass is 297 g/mol. The van der Waals surface area contributed by atoms with Crippen molar-refractivity contribution in [2.75, 3.05) is 6.54 Å². The summed E-state index contributed by atoms with van der Waals surface area (Å²) in [5.41, 5.74) is 1.17. The van der Waals surface area contributed by atoms with Crippen molar-refractivity contribution in [3.05, 3.63) is 29.8 Å². The summed E-state index contributed by atoms with van der Waals surface area (Å²) in [7, 11) is -3.39. The van der Waals surface area contributed by atoms with Gasteiger partial charge in [-0.2, -0.15) is 0 Å². The Morgan fingerprint density at radius 1 is 1.05 bits per heavy atom. The van der Waals surface area contributed by atoms with E-state index < -0.39 is 10.0 Å². The Balaban J connectivity index is 2.83. The quantitative estimate of drug-likeness (QED) is 0.870. The molecule has 0 amide bonds. The van der Waals surface area contributed by atoms with Crippen LogP contribution in [0.1, 0.15) is 53.0 Å². The molecule has 0 unspecified atom stereocenters. The van der Waals surface area contributed by atoms with E-state index in [0.29, 0.717) is 17.4 Å². The van der Waals surface area contributed by atoms with Crippen molar-refractivity contribution in [2.24, 2.45) is 5.92 Å². The lowest BCUT2D eigenvalue weighted by atomic mass is 9.87. The van der Waals surface area contributed by atoms with E-state index in [1.165, 1.54) is 0 Å². The first kappa shape index (κ1) is 17.2. The molecule has 0 bridgehead atoms. The molecule has 114 valence electrons. The van der Waals surface area contributed by atoms with Gasteiger partial charge in [-0.05, 0) is 29.0 Å². The minimum absolute atomic E-state index is 0.0330. The predicted molar refractivity (Wildman–Crippen MR) is 84.4 cm³/mol. The maximum absolute atomic E-state index is 12.2. The maximum atomic E-state index is 12.2. The Labute approximate surface area is 123 Å². The minimum atomic E-state index is -3.39. The zero-order chi connectivity index (χ0) is 15.4. The van der Waals surface area contributed by atoms with Crippen molar-refractivity contribution < 1.29 is 8.42 Å². The molecule has 0 aromatic heterocycles. The first-order valence-corrected chi connectivity index (χ1v) is 8.79. The number of sulfonamides is 1. The van der Waals surface area contributed by atoms with E-state index in [-0.39, 0.29) is 5.41 Å². The van der Waals surface area contributed by atoms with Gasteiger partial charge in [-0.1, -0.05) is 59.6 Å². The summed E-state index contributed by atoms with van der Waals surface area (Å²) in [5, 5.41) is 0. The van der Waals surface area contributed by atoms with Crippen molar-refractivity contribution >= 4 is 10.0 Å². The zero-order valence-corrected chi connectivity index (χ0v) is 14.0. The molecule has 20 heavy (non-hydrogen) atoms. The second-order valence-electron chi connectivity index (χ2n) is 6.31. The molecule has 0 aliphatic heterocycles. The van der Waals surface area contributed by atoms with Gasteiger partial charge in [0.15, 0.2) is 0 Å². The highest BCUT2D eigenvalue weighted by Crippen LogP contribution is 2.23. The average Bonchev–Trinajstić information content (AvgIpc) is 2.39. The van der Waals surface area contributed by atoms with Gasteiger partial charge in [0.2, 0.25) is 10.0 Å². The van der Waals surface area contributed by atoms with Gasteiger partial charge >= 0.3 is 0 Å². The third-order valence-electron chi connectivity index (χ3n) is 3.75. The van der Waals surface area contributed by atoms with Crippen molar-refractivity contribution in [2.45, 2.75) is 57.8 Å². The Bertz CT molecular complexity index is 508. The van der Waals surface area contributed by atoms with Gasteiger partial charge in [0.1, 0.15) is 0 Å². The first-order chi connectivity index (χ1) is 9.20. The summed E-state index contributed by atoms with van der Waals surface area (Å²) < 4.78 is 27.1. The summed E-state index contributed by atoms with van der Waals surface area (Å²) in [4.78, 5) is 0.344. The molecule has 0 spiro atoms. The normalized spacial score (nSPS) is 12.9. The fraction of sp³-hybridized carbons (Fsp3) is 0.625. The van der Waals surface area contributed by atoms with Crippen LogP contribution in [0.15, 0.2) is 29.2 Å². The molecule has 0 fully saturated rings. The number of hydrogen-bond donors (Lipinski definition) is 1. The number of nitrogens with one attached hydrogen (secondary N) is 1. The Morgan fingerprint density at radius 3 is 1.95 bits per heavy atom. The summed E-state index contributed by atoms with van der Waals surface area (Å²) in [6.45, 7) is 11.0. The molecule has 1 aromatic rings. The summed E-state index contributed by atoms with van der Waals surface area (Å²) in [6, 6.07) is 7.17. The highest BCUT2D eigenvalue weighted by Gasteiger charge is 2.18. The Hall–Kier alpha value is -0.870. The van der Waals surface area contributed by atoms with Crippen LogP contribution < -0.4 is 4.72 Å². The van der Waals surface area contributed by atoms with E-state index in [9.17, 15) is 8.42 Å². The number of hydrogen-bond acceptors (Lipinski definition) is 2. The molecule has 0 atom stereocenters. The standard InChI is InChI=1S/C16H27NO2S/c1-6-13(7-2)12-17-20(18,19)15-10-8-14(9-11-15)16(3,4)5/h8-11,13,17H,6-7,12H2,1-5H3. The fourth-order valence-corrected chi connectivity index (χ4v) is 3.14. The lowest BCUT2D eigenvalue weighted by molar-refractivity contribution is 0.479. The van der Waals surface area contributed by atoms with Crippen LogP contribution in [0.4, 0.5) is 0 Å². The predicted octanol–water partition coefficient (Wildman–Crippen LogP) is 3.70. The summed E-state index contributed by atoms with van der Waals surface area (Å²) in [6.07, 6.45) is 1.98. The van der Waals surface area contributed by atoms with Crippen LogP contribution in [0.25, 0.3) is 0 Å². The van der Waals surface area contributed by atoms with Crippen molar-refractivity contribution in [1.82, 2.24) is 4.72 Å². The highest BCUT2D eigenvalue weighted by molar-refractivity contribution is 7.89. The van der Waals surface area contributed by atoms with Gasteiger partial charge < -0.3 is 0 Å². The smallest absolute Gasteiger partial charge is 0.211 e. The van der Waals surface area contributed by atoms with Gasteiger partial charge in [0.25, 0.3) is 0 Å². The highest BCUT2D eigenvalue weighted by atomic mass is 32.2. The minimum Gasteiger partial charge on any atom is -0.211 e. The summed E-state index contributed by atoms with van der Waals surface area (Å²) in [5.74, 6) is 0.402. The molecule has 0 saturated carbocycles. The van der Waals surface area contributed by atoms with Gasteiger partial charge in [0.05, 0.1) is 4.90 Å². The third kappa shape index (κ3) is 4.60. The van der Waals surface area contributed by atoms with E-state index in [1.54, 1.807) is 12.1 Å². The molecule has 1 N–H and O–H groups in total. The van der Waals surface area contributed by atoms with Crippen LogP contribution in [0.5, 0.6) is 0 Å². The lowest BCUT2D eigenvalue weighted by Gasteiger charge is -2.19.